The van der Waals surface area contributed by atoms with Crippen LogP contribution < -0.4 is 10.2 Å². The van der Waals surface area contributed by atoms with Crippen LogP contribution in [0.25, 0.3) is 0 Å². The molecule has 5 nitrogen and oxygen atoms in total. The Kier molecular flexibility index (Phi) is 4.70. The monoisotopic (exact) mass is 361 g/mol. The molecule has 0 bridgehead atoms. The van der Waals surface area contributed by atoms with Gasteiger partial charge in [0.05, 0.1) is 13.2 Å². The molecule has 114 valence electrons. The van der Waals surface area contributed by atoms with Gasteiger partial charge in [0.25, 0.3) is 5.91 Å². The molecule has 1 aromatic carbocycles. The Hall–Kier alpha value is -1.92. The second-order valence-corrected chi connectivity index (χ2v) is 5.88. The van der Waals surface area contributed by atoms with Crippen LogP contribution in [-0.2, 0) is 4.74 Å². The molecule has 1 aromatic heterocycles. The van der Waals surface area contributed by atoms with Crippen molar-refractivity contribution in [1.29, 1.82) is 0 Å². The zero-order valence-electron chi connectivity index (χ0n) is 12.0. The Morgan fingerprint density at radius 3 is 2.64 bits per heavy atom. The fourth-order valence-electron chi connectivity index (χ4n) is 2.29. The fraction of sp³-hybridized carbons (Fsp3) is 0.250. The number of anilines is 2. The third-order valence-corrected chi connectivity index (χ3v) is 3.98. The van der Waals surface area contributed by atoms with Crippen molar-refractivity contribution in [2.45, 2.75) is 0 Å². The van der Waals surface area contributed by atoms with Crippen molar-refractivity contribution in [3.63, 3.8) is 0 Å². The van der Waals surface area contributed by atoms with E-state index in [-0.39, 0.29) is 5.91 Å². The highest BCUT2D eigenvalue weighted by molar-refractivity contribution is 9.10. The van der Waals surface area contributed by atoms with Gasteiger partial charge in [-0.15, -0.1) is 0 Å². The quantitative estimate of drug-likeness (QED) is 0.912. The van der Waals surface area contributed by atoms with Crippen LogP contribution in [-0.4, -0.2) is 37.2 Å². The maximum atomic E-state index is 12.3. The number of hydrogen-bond acceptors (Lipinski definition) is 4. The summed E-state index contributed by atoms with van der Waals surface area (Å²) >= 11 is 3.37. The molecule has 0 atom stereocenters. The minimum absolute atomic E-state index is 0.211. The number of nitrogens with one attached hydrogen (secondary N) is 1. The minimum atomic E-state index is -0.211. The zero-order valence-corrected chi connectivity index (χ0v) is 13.5. The molecule has 1 saturated heterocycles. The smallest absolute Gasteiger partial charge is 0.274 e. The van der Waals surface area contributed by atoms with Gasteiger partial charge in [0.15, 0.2) is 0 Å². The first-order chi connectivity index (χ1) is 10.7. The number of aromatic nitrogens is 1. The number of carbonyl (C=O) groups excluding carboxylic acids is 1. The summed E-state index contributed by atoms with van der Waals surface area (Å²) in [6, 6.07) is 11.2. The summed E-state index contributed by atoms with van der Waals surface area (Å²) in [6.07, 6.45) is 1.67. The Labute approximate surface area is 137 Å². The number of morpholine rings is 1. The number of halogens is 1. The summed E-state index contributed by atoms with van der Waals surface area (Å²) < 4.78 is 6.32. The molecule has 1 aliphatic rings. The van der Waals surface area contributed by atoms with E-state index in [1.165, 1.54) is 0 Å². The number of nitrogens with zero attached hydrogens (tertiary/aromatic N) is 2. The zero-order chi connectivity index (χ0) is 15.4. The number of amides is 1. The van der Waals surface area contributed by atoms with E-state index in [2.05, 4.69) is 31.1 Å². The first kappa shape index (κ1) is 15.0. The molecule has 1 aliphatic heterocycles. The van der Waals surface area contributed by atoms with E-state index in [0.717, 1.165) is 28.9 Å². The molecule has 3 rings (SSSR count). The largest absolute Gasteiger partial charge is 0.378 e. The predicted octanol–water partition coefficient (Wildman–Crippen LogP) is 2.93. The lowest BCUT2D eigenvalue weighted by Gasteiger charge is -2.28. The first-order valence-electron chi connectivity index (χ1n) is 7.08. The molecule has 0 saturated carbocycles. The van der Waals surface area contributed by atoms with Crippen LogP contribution in [0.2, 0.25) is 0 Å². The predicted molar refractivity (Wildman–Crippen MR) is 89.4 cm³/mol. The molecular weight excluding hydrogens is 346 g/mol. The molecule has 2 aromatic rings. The van der Waals surface area contributed by atoms with Gasteiger partial charge >= 0.3 is 0 Å². The van der Waals surface area contributed by atoms with E-state index in [4.69, 9.17) is 4.74 Å². The summed E-state index contributed by atoms with van der Waals surface area (Å²) in [5.74, 6) is -0.211. The summed E-state index contributed by atoms with van der Waals surface area (Å²) in [6.45, 7) is 3.08. The van der Waals surface area contributed by atoms with Crippen LogP contribution in [0, 0.1) is 0 Å². The molecule has 0 unspecified atom stereocenters. The van der Waals surface area contributed by atoms with Crippen LogP contribution >= 0.6 is 15.9 Å². The van der Waals surface area contributed by atoms with Crippen molar-refractivity contribution in [2.24, 2.45) is 0 Å². The lowest BCUT2D eigenvalue weighted by Crippen LogP contribution is -2.36. The molecule has 2 heterocycles. The molecule has 0 radical (unpaired) electrons. The molecule has 0 aliphatic carbocycles. The highest BCUT2D eigenvalue weighted by atomic mass is 79.9. The Morgan fingerprint density at radius 2 is 1.91 bits per heavy atom. The van der Waals surface area contributed by atoms with Crippen molar-refractivity contribution >= 4 is 33.2 Å². The average Bonchev–Trinajstić information content (AvgIpc) is 2.58. The molecule has 0 spiro atoms. The van der Waals surface area contributed by atoms with Crippen LogP contribution in [0.1, 0.15) is 10.5 Å². The number of pyridine rings is 1. The van der Waals surface area contributed by atoms with Crippen LogP contribution in [0.15, 0.2) is 47.1 Å². The summed E-state index contributed by atoms with van der Waals surface area (Å²) in [7, 11) is 0. The Balaban J connectivity index is 1.73. The standard InChI is InChI=1S/C16H16BrN3O2/c17-12-1-3-13(4-2-12)19-16(21)15-11-14(5-6-18-15)20-7-9-22-10-8-20/h1-6,11H,7-10H2,(H,19,21). The van der Waals surface area contributed by atoms with E-state index < -0.39 is 0 Å². The van der Waals surface area contributed by atoms with Gasteiger partial charge in [0, 0.05) is 35.1 Å². The minimum Gasteiger partial charge on any atom is -0.378 e. The third-order valence-electron chi connectivity index (χ3n) is 3.45. The number of benzene rings is 1. The van der Waals surface area contributed by atoms with E-state index in [1.54, 1.807) is 6.20 Å². The van der Waals surface area contributed by atoms with Gasteiger partial charge in [-0.25, -0.2) is 0 Å². The number of carbonyl (C=O) groups is 1. The van der Waals surface area contributed by atoms with Crippen molar-refractivity contribution in [3.8, 4) is 0 Å². The van der Waals surface area contributed by atoms with E-state index in [0.29, 0.717) is 18.9 Å². The SMILES string of the molecule is O=C(Nc1ccc(Br)cc1)c1cc(N2CCOCC2)ccn1. The number of ether oxygens (including phenoxy) is 1. The summed E-state index contributed by atoms with van der Waals surface area (Å²) in [5.41, 5.74) is 2.15. The van der Waals surface area contributed by atoms with Crippen molar-refractivity contribution < 1.29 is 9.53 Å². The molecule has 22 heavy (non-hydrogen) atoms. The van der Waals surface area contributed by atoms with E-state index >= 15 is 0 Å². The molecular formula is C16H16BrN3O2. The van der Waals surface area contributed by atoms with Crippen LogP contribution in [0.4, 0.5) is 11.4 Å². The maximum absolute atomic E-state index is 12.3. The summed E-state index contributed by atoms with van der Waals surface area (Å²) in [4.78, 5) is 18.7. The molecule has 1 N–H and O–H groups in total. The van der Waals surface area contributed by atoms with E-state index in [9.17, 15) is 4.79 Å². The topological polar surface area (TPSA) is 54.5 Å². The second-order valence-electron chi connectivity index (χ2n) is 4.96. The van der Waals surface area contributed by atoms with Gasteiger partial charge in [-0.2, -0.15) is 0 Å². The van der Waals surface area contributed by atoms with Gasteiger partial charge in [-0.3, -0.25) is 9.78 Å². The van der Waals surface area contributed by atoms with Gasteiger partial charge in [-0.05, 0) is 36.4 Å². The number of rotatable bonds is 3. The Bertz CT molecular complexity index is 655. The highest BCUT2D eigenvalue weighted by Gasteiger charge is 2.14. The van der Waals surface area contributed by atoms with Crippen molar-refractivity contribution in [1.82, 2.24) is 4.98 Å². The van der Waals surface area contributed by atoms with E-state index in [1.807, 2.05) is 36.4 Å². The molecule has 1 fully saturated rings. The highest BCUT2D eigenvalue weighted by Crippen LogP contribution is 2.18. The van der Waals surface area contributed by atoms with Crippen molar-refractivity contribution in [3.05, 3.63) is 52.8 Å². The maximum Gasteiger partial charge on any atom is 0.274 e. The second kappa shape index (κ2) is 6.89. The molecule has 1 amide bonds. The lowest BCUT2D eigenvalue weighted by atomic mass is 10.2. The van der Waals surface area contributed by atoms with Crippen molar-refractivity contribution in [2.75, 3.05) is 36.5 Å². The molecule has 6 heteroatoms. The van der Waals surface area contributed by atoms with Gasteiger partial charge in [0.2, 0.25) is 0 Å². The first-order valence-corrected chi connectivity index (χ1v) is 7.87. The third kappa shape index (κ3) is 3.64. The fourth-order valence-corrected chi connectivity index (χ4v) is 2.55. The normalized spacial score (nSPS) is 14.7. The summed E-state index contributed by atoms with van der Waals surface area (Å²) in [5, 5.41) is 2.85. The van der Waals surface area contributed by atoms with Crippen LogP contribution in [0.3, 0.4) is 0 Å². The van der Waals surface area contributed by atoms with Gasteiger partial charge in [0.1, 0.15) is 5.69 Å². The van der Waals surface area contributed by atoms with Gasteiger partial charge in [-0.1, -0.05) is 15.9 Å². The van der Waals surface area contributed by atoms with Crippen LogP contribution in [0.5, 0.6) is 0 Å². The van der Waals surface area contributed by atoms with Gasteiger partial charge < -0.3 is 15.0 Å². The number of hydrogen-bond donors (Lipinski definition) is 1. The lowest BCUT2D eigenvalue weighted by molar-refractivity contribution is 0.102. The average molecular weight is 362 g/mol. The Morgan fingerprint density at radius 1 is 1.18 bits per heavy atom.